The largest absolute Gasteiger partial charge is 0.497 e. The first kappa shape index (κ1) is 20.8. The maximum absolute atomic E-state index is 12.0. The zero-order chi connectivity index (χ0) is 20.0. The fourth-order valence-corrected chi connectivity index (χ4v) is 2.81. The first-order valence-corrected chi connectivity index (χ1v) is 8.89. The molecule has 1 aliphatic rings. The molecule has 6 nitrogen and oxygen atoms in total. The third-order valence-corrected chi connectivity index (χ3v) is 4.59. The van der Waals surface area contributed by atoms with Crippen LogP contribution >= 0.6 is 24.2 Å². The monoisotopic (exact) mass is 404 g/mol. The van der Waals surface area contributed by atoms with E-state index in [9.17, 15) is 4.79 Å². The van der Waals surface area contributed by atoms with Crippen LogP contribution in [-0.4, -0.2) is 32.6 Å². The van der Waals surface area contributed by atoms with E-state index in [0.29, 0.717) is 39.2 Å². The molecule has 1 aliphatic heterocycles. The molecule has 1 heterocycles. The Kier molecular flexibility index (Phi) is 7.27. The van der Waals surface area contributed by atoms with Gasteiger partial charge in [-0.05, 0) is 24.3 Å². The van der Waals surface area contributed by atoms with Gasteiger partial charge in [-0.1, -0.05) is 18.2 Å². The summed E-state index contributed by atoms with van der Waals surface area (Å²) in [6.45, 7) is 5.44. The number of nitrogens with one attached hydrogen (secondary N) is 1. The number of methoxy groups -OCH3 is 1. The number of thiol groups is 1. The number of carbonyl (C=O) groups is 1. The predicted octanol–water partition coefficient (Wildman–Crippen LogP) is 3.88. The summed E-state index contributed by atoms with van der Waals surface area (Å²) in [5.41, 5.74) is 2.60. The Morgan fingerprint density at radius 2 is 2.11 bits per heavy atom. The summed E-state index contributed by atoms with van der Waals surface area (Å²) in [4.78, 5) is 22.0. The van der Waals surface area contributed by atoms with Crippen molar-refractivity contribution < 1.29 is 9.53 Å². The van der Waals surface area contributed by atoms with Crippen LogP contribution in [0.15, 0.2) is 67.9 Å². The molecule has 0 saturated carbocycles. The van der Waals surface area contributed by atoms with Gasteiger partial charge >= 0.3 is 0 Å². The van der Waals surface area contributed by atoms with Gasteiger partial charge in [-0.15, -0.1) is 12.6 Å². The molecule has 1 aromatic rings. The van der Waals surface area contributed by atoms with Gasteiger partial charge in [-0.25, -0.2) is 9.98 Å². The van der Waals surface area contributed by atoms with Gasteiger partial charge in [0.15, 0.2) is 0 Å². The highest BCUT2D eigenvalue weighted by Crippen LogP contribution is 2.29. The van der Waals surface area contributed by atoms with Gasteiger partial charge in [0.2, 0.25) is 5.91 Å². The Morgan fingerprint density at radius 3 is 2.67 bits per heavy atom. The van der Waals surface area contributed by atoms with Crippen LogP contribution in [0.3, 0.4) is 0 Å². The van der Waals surface area contributed by atoms with Gasteiger partial charge in [-0.2, -0.15) is 0 Å². The molecule has 0 atom stereocenters. The molecular formula is C19H21ClN4O2S. The zero-order valence-corrected chi connectivity index (χ0v) is 17.0. The first-order chi connectivity index (χ1) is 12.9. The molecule has 0 aliphatic carbocycles. The lowest BCUT2D eigenvalue weighted by Gasteiger charge is -2.17. The van der Waals surface area contributed by atoms with E-state index < -0.39 is 0 Å². The van der Waals surface area contributed by atoms with Crippen LogP contribution in [0.5, 0.6) is 5.75 Å². The second kappa shape index (κ2) is 9.43. The van der Waals surface area contributed by atoms with Crippen molar-refractivity contribution in [1.29, 1.82) is 0 Å². The van der Waals surface area contributed by atoms with E-state index in [1.807, 2.05) is 0 Å². The summed E-state index contributed by atoms with van der Waals surface area (Å²) < 4.78 is 5.14. The molecule has 1 N–H and O–H groups in total. The minimum absolute atomic E-state index is 0.186. The molecular weight excluding hydrogens is 384 g/mol. The van der Waals surface area contributed by atoms with E-state index in [4.69, 9.17) is 16.3 Å². The van der Waals surface area contributed by atoms with Crippen molar-refractivity contribution in [2.24, 2.45) is 9.98 Å². The van der Waals surface area contributed by atoms with Crippen molar-refractivity contribution in [3.63, 3.8) is 0 Å². The number of amides is 1. The van der Waals surface area contributed by atoms with Crippen molar-refractivity contribution in [1.82, 2.24) is 5.32 Å². The smallest absolute Gasteiger partial charge is 0.229 e. The van der Waals surface area contributed by atoms with Crippen molar-refractivity contribution in [3.8, 4) is 5.75 Å². The Balaban J connectivity index is 2.26. The van der Waals surface area contributed by atoms with Crippen LogP contribution in [0, 0.1) is 0 Å². The van der Waals surface area contributed by atoms with Crippen LogP contribution in [-0.2, 0) is 4.79 Å². The Labute approximate surface area is 169 Å². The Hall–Kier alpha value is -2.51. The van der Waals surface area contributed by atoms with E-state index in [1.165, 1.54) is 24.4 Å². The fourth-order valence-electron chi connectivity index (χ4n) is 2.33. The molecule has 0 radical (unpaired) electrons. The summed E-state index contributed by atoms with van der Waals surface area (Å²) in [7, 11) is 3.36. The molecule has 142 valence electrons. The van der Waals surface area contributed by atoms with Crippen LogP contribution in [0.25, 0.3) is 0 Å². The molecule has 2 rings (SSSR count). The summed E-state index contributed by atoms with van der Waals surface area (Å²) in [6.07, 6.45) is 3.41. The van der Waals surface area contributed by atoms with Crippen LogP contribution in [0.1, 0.15) is 13.3 Å². The lowest BCUT2D eigenvalue weighted by molar-refractivity contribution is -0.115. The number of benzene rings is 1. The highest BCUT2D eigenvalue weighted by Gasteiger charge is 2.16. The van der Waals surface area contributed by atoms with Gasteiger partial charge in [0, 0.05) is 37.9 Å². The summed E-state index contributed by atoms with van der Waals surface area (Å²) in [5.74, 6) is 0.516. The Bertz CT molecular complexity index is 857. The summed E-state index contributed by atoms with van der Waals surface area (Å²) in [5, 5.41) is 4.01. The maximum atomic E-state index is 12.0. The van der Waals surface area contributed by atoms with E-state index in [0.717, 1.165) is 5.70 Å². The number of carbonyl (C=O) groups excluding carboxylic acids is 1. The van der Waals surface area contributed by atoms with Gasteiger partial charge in [-0.3, -0.25) is 9.69 Å². The van der Waals surface area contributed by atoms with E-state index >= 15 is 0 Å². The molecule has 0 aromatic heterocycles. The highest BCUT2D eigenvalue weighted by molar-refractivity contribution is 7.84. The number of ether oxygens (including phenoxy) is 1. The quantitative estimate of drug-likeness (QED) is 0.429. The minimum atomic E-state index is -0.186. The first-order valence-electron chi connectivity index (χ1n) is 8.07. The highest BCUT2D eigenvalue weighted by atomic mass is 35.5. The molecule has 1 amide bonds. The third-order valence-electron chi connectivity index (χ3n) is 3.88. The summed E-state index contributed by atoms with van der Waals surface area (Å²) >= 11 is 10.6. The molecule has 0 saturated heterocycles. The molecule has 8 heteroatoms. The number of nitrogens with zero attached hydrogens (tertiary/aromatic N) is 3. The number of hydrogen-bond donors (Lipinski definition) is 2. The SMILES string of the molecule is C=C(N=CN(C(C)=O)c1ccc(OC)cc1)C1=C(S)N=CC(Cl)=C(NC)C1. The summed E-state index contributed by atoms with van der Waals surface area (Å²) in [6, 6.07) is 7.09. The molecule has 0 fully saturated rings. The predicted molar refractivity (Wildman–Crippen MR) is 115 cm³/mol. The number of hydrogen-bond acceptors (Lipinski definition) is 6. The average Bonchev–Trinajstić information content (AvgIpc) is 2.80. The van der Waals surface area contributed by atoms with Crippen molar-refractivity contribution in [3.05, 3.63) is 57.9 Å². The van der Waals surface area contributed by atoms with Gasteiger partial charge < -0.3 is 10.1 Å². The van der Waals surface area contributed by atoms with Gasteiger partial charge in [0.25, 0.3) is 0 Å². The van der Waals surface area contributed by atoms with E-state index in [1.54, 1.807) is 38.4 Å². The van der Waals surface area contributed by atoms with Crippen LogP contribution < -0.4 is 15.0 Å². The second-order valence-corrected chi connectivity index (χ2v) is 6.42. The zero-order valence-electron chi connectivity index (χ0n) is 15.4. The van der Waals surface area contributed by atoms with Gasteiger partial charge in [0.1, 0.15) is 12.1 Å². The topological polar surface area (TPSA) is 66.3 Å². The van der Waals surface area contributed by atoms with E-state index in [-0.39, 0.29) is 5.91 Å². The second-order valence-electron chi connectivity index (χ2n) is 5.59. The number of halogens is 1. The molecule has 27 heavy (non-hydrogen) atoms. The number of allylic oxidation sites excluding steroid dienone is 3. The standard InChI is InChI=1S/C19H21ClN4O2S/c1-12(16-9-18(21-3)17(20)10-22-19(16)27)23-11-24(13(2)25)14-5-7-15(26-4)8-6-14/h5-8,10-11,21,27H,1,9H2,2-4H3. The fraction of sp³-hybridized carbons (Fsp3) is 0.211. The lowest BCUT2D eigenvalue weighted by Crippen LogP contribution is -2.26. The van der Waals surface area contributed by atoms with Crippen molar-refractivity contribution in [2.45, 2.75) is 13.3 Å². The number of aliphatic imine (C=N–C) groups is 2. The number of rotatable bonds is 6. The third kappa shape index (κ3) is 5.24. The van der Waals surface area contributed by atoms with Crippen LogP contribution in [0.2, 0.25) is 0 Å². The minimum Gasteiger partial charge on any atom is -0.497 e. The maximum Gasteiger partial charge on any atom is 0.229 e. The van der Waals surface area contributed by atoms with E-state index in [2.05, 4.69) is 34.5 Å². The van der Waals surface area contributed by atoms with Gasteiger partial charge in [0.05, 0.1) is 28.6 Å². The lowest BCUT2D eigenvalue weighted by atomic mass is 10.1. The number of anilines is 1. The normalized spacial score (nSPS) is 14.4. The molecule has 0 unspecified atom stereocenters. The Morgan fingerprint density at radius 1 is 1.44 bits per heavy atom. The molecule has 0 spiro atoms. The van der Waals surface area contributed by atoms with Crippen LogP contribution in [0.4, 0.5) is 5.69 Å². The molecule has 1 aromatic carbocycles. The van der Waals surface area contributed by atoms with Crippen molar-refractivity contribution >= 4 is 48.4 Å². The van der Waals surface area contributed by atoms with Crippen molar-refractivity contribution in [2.75, 3.05) is 19.1 Å². The average molecular weight is 405 g/mol. The molecule has 0 bridgehead atoms.